The van der Waals surface area contributed by atoms with E-state index in [0.29, 0.717) is 20.8 Å². The van der Waals surface area contributed by atoms with Gasteiger partial charge in [-0.25, -0.2) is 0 Å². The molecule has 1 fully saturated rings. The van der Waals surface area contributed by atoms with Crippen molar-refractivity contribution in [3.05, 3.63) is 27.2 Å². The second kappa shape index (κ2) is 6.85. The van der Waals surface area contributed by atoms with Crippen LogP contribution in [-0.4, -0.2) is 55.5 Å². The fourth-order valence-corrected chi connectivity index (χ4v) is 2.61. The van der Waals surface area contributed by atoms with Crippen LogP contribution < -0.4 is 5.32 Å². The van der Waals surface area contributed by atoms with E-state index in [0.717, 1.165) is 26.2 Å². The van der Waals surface area contributed by atoms with E-state index >= 15 is 0 Å². The molecular weight excluding hydrogens is 321 g/mol. The second-order valence-electron chi connectivity index (χ2n) is 4.78. The summed E-state index contributed by atoms with van der Waals surface area (Å²) in [4.78, 5) is 16.1. The summed E-state index contributed by atoms with van der Waals surface area (Å²) in [5, 5.41) is 4.26. The quantitative estimate of drug-likeness (QED) is 0.862. The third-order valence-corrected chi connectivity index (χ3v) is 4.33. The zero-order valence-corrected chi connectivity index (χ0v) is 13.4. The number of carbonyl (C=O) groups is 1. The zero-order valence-electron chi connectivity index (χ0n) is 11.1. The molecule has 7 heteroatoms. The number of halogens is 3. The van der Waals surface area contributed by atoms with E-state index in [4.69, 9.17) is 34.8 Å². The lowest BCUT2D eigenvalue weighted by Gasteiger charge is -2.32. The first-order valence-electron chi connectivity index (χ1n) is 6.32. The molecule has 0 saturated carbocycles. The average molecular weight is 337 g/mol. The highest BCUT2D eigenvalue weighted by atomic mass is 35.5. The van der Waals surface area contributed by atoms with E-state index in [1.54, 1.807) is 12.1 Å². The van der Waals surface area contributed by atoms with Crippen LogP contribution >= 0.6 is 34.8 Å². The van der Waals surface area contributed by atoms with Gasteiger partial charge in [0.2, 0.25) is 5.91 Å². The maximum atomic E-state index is 12.1. The Kier molecular flexibility index (Phi) is 5.38. The Balaban J connectivity index is 1.92. The van der Waals surface area contributed by atoms with Crippen molar-refractivity contribution in [3.63, 3.8) is 0 Å². The highest BCUT2D eigenvalue weighted by Crippen LogP contribution is 2.32. The Morgan fingerprint density at radius 1 is 1.10 bits per heavy atom. The molecule has 4 nitrogen and oxygen atoms in total. The van der Waals surface area contributed by atoms with Crippen molar-refractivity contribution in [2.24, 2.45) is 0 Å². The predicted molar refractivity (Wildman–Crippen MR) is 84.0 cm³/mol. The van der Waals surface area contributed by atoms with Crippen LogP contribution in [0.1, 0.15) is 0 Å². The van der Waals surface area contributed by atoms with Crippen LogP contribution in [0.25, 0.3) is 0 Å². The molecule has 1 heterocycles. The number of hydrogen-bond donors (Lipinski definition) is 1. The molecule has 0 atom stereocenters. The Morgan fingerprint density at radius 2 is 1.70 bits per heavy atom. The van der Waals surface area contributed by atoms with Gasteiger partial charge in [0.15, 0.2) is 0 Å². The van der Waals surface area contributed by atoms with Gasteiger partial charge in [-0.15, -0.1) is 0 Å². The summed E-state index contributed by atoms with van der Waals surface area (Å²) in [7, 11) is 2.05. The molecule has 1 aromatic rings. The molecule has 0 radical (unpaired) electrons. The Morgan fingerprint density at radius 3 is 2.35 bits per heavy atom. The normalized spacial score (nSPS) is 16.3. The Hall–Kier alpha value is -0.680. The molecule has 0 aliphatic carbocycles. The molecule has 0 aromatic heterocycles. The molecule has 0 bridgehead atoms. The summed E-state index contributed by atoms with van der Waals surface area (Å²) in [6, 6.07) is 3.19. The zero-order chi connectivity index (χ0) is 14.7. The van der Waals surface area contributed by atoms with Gasteiger partial charge in [0.05, 0.1) is 27.3 Å². The minimum atomic E-state index is 0.0558. The maximum Gasteiger partial charge on any atom is 0.241 e. The third-order valence-electron chi connectivity index (χ3n) is 3.30. The number of nitrogens with zero attached hydrogens (tertiary/aromatic N) is 2. The van der Waals surface area contributed by atoms with Gasteiger partial charge in [0.1, 0.15) is 0 Å². The minimum absolute atomic E-state index is 0.0558. The number of likely N-dealkylation sites (N-methyl/N-ethyl adjacent to an activating group) is 1. The van der Waals surface area contributed by atoms with Crippen LogP contribution in [0.2, 0.25) is 15.1 Å². The number of benzene rings is 1. The second-order valence-corrected chi connectivity index (χ2v) is 6.01. The van der Waals surface area contributed by atoms with Crippen LogP contribution in [0, 0.1) is 0 Å². The number of carbonyl (C=O) groups excluding carboxylic acids is 1. The van der Waals surface area contributed by atoms with Crippen LogP contribution in [-0.2, 0) is 4.79 Å². The highest BCUT2D eigenvalue weighted by Gasteiger charge is 2.18. The Labute approximate surface area is 133 Å². The monoisotopic (exact) mass is 335 g/mol. The number of nitrogens with one attached hydrogen (secondary N) is 1. The first kappa shape index (κ1) is 15.7. The van der Waals surface area contributed by atoms with Crippen LogP contribution in [0.3, 0.4) is 0 Å². The highest BCUT2D eigenvalue weighted by molar-refractivity contribution is 6.44. The molecule has 0 spiro atoms. The molecule has 0 unspecified atom stereocenters. The van der Waals surface area contributed by atoms with Crippen molar-refractivity contribution in [2.45, 2.75) is 0 Å². The fraction of sp³-hybridized carbons (Fsp3) is 0.462. The molecule has 1 aromatic carbocycles. The first-order chi connectivity index (χ1) is 9.47. The summed E-state index contributed by atoms with van der Waals surface area (Å²) in [5.41, 5.74) is 0.614. The van der Waals surface area contributed by atoms with Gasteiger partial charge in [0.25, 0.3) is 0 Å². The van der Waals surface area contributed by atoms with Crippen molar-refractivity contribution >= 4 is 46.4 Å². The SMILES string of the molecule is CN1CCN(C(=O)CNc2cc(Cl)c(Cl)cc2Cl)CC1. The van der Waals surface area contributed by atoms with E-state index in [9.17, 15) is 4.79 Å². The van der Waals surface area contributed by atoms with Crippen LogP contribution in [0.15, 0.2) is 12.1 Å². The topological polar surface area (TPSA) is 35.6 Å². The smallest absolute Gasteiger partial charge is 0.241 e. The summed E-state index contributed by atoms with van der Waals surface area (Å²) in [5.74, 6) is 0.0558. The maximum absolute atomic E-state index is 12.1. The molecule has 1 aliphatic heterocycles. The number of amides is 1. The predicted octanol–water partition coefficient (Wildman–Crippen LogP) is 2.83. The van der Waals surface area contributed by atoms with Crippen molar-refractivity contribution in [2.75, 3.05) is 45.1 Å². The first-order valence-corrected chi connectivity index (χ1v) is 7.45. The Bertz CT molecular complexity index is 502. The van der Waals surface area contributed by atoms with Gasteiger partial charge in [-0.2, -0.15) is 0 Å². The molecule has 2 rings (SSSR count). The number of rotatable bonds is 3. The minimum Gasteiger partial charge on any atom is -0.375 e. The lowest BCUT2D eigenvalue weighted by molar-refractivity contribution is -0.130. The van der Waals surface area contributed by atoms with Crippen molar-refractivity contribution in [1.82, 2.24) is 9.80 Å². The average Bonchev–Trinajstić information content (AvgIpc) is 2.42. The van der Waals surface area contributed by atoms with E-state index < -0.39 is 0 Å². The largest absolute Gasteiger partial charge is 0.375 e. The van der Waals surface area contributed by atoms with Gasteiger partial charge < -0.3 is 15.1 Å². The van der Waals surface area contributed by atoms with Gasteiger partial charge in [-0.05, 0) is 19.2 Å². The van der Waals surface area contributed by atoms with Crippen molar-refractivity contribution in [3.8, 4) is 0 Å². The molecule has 1 N–H and O–H groups in total. The lowest BCUT2D eigenvalue weighted by atomic mass is 10.3. The van der Waals surface area contributed by atoms with Gasteiger partial charge >= 0.3 is 0 Å². The lowest BCUT2D eigenvalue weighted by Crippen LogP contribution is -2.48. The van der Waals surface area contributed by atoms with E-state index in [1.165, 1.54) is 0 Å². The molecular formula is C13H16Cl3N3O. The van der Waals surface area contributed by atoms with E-state index in [2.05, 4.69) is 17.3 Å². The van der Waals surface area contributed by atoms with Gasteiger partial charge in [-0.3, -0.25) is 4.79 Å². The van der Waals surface area contributed by atoms with Crippen LogP contribution in [0.5, 0.6) is 0 Å². The number of piperazine rings is 1. The van der Waals surface area contributed by atoms with Gasteiger partial charge in [0, 0.05) is 26.2 Å². The molecule has 20 heavy (non-hydrogen) atoms. The van der Waals surface area contributed by atoms with Gasteiger partial charge in [-0.1, -0.05) is 34.8 Å². The van der Waals surface area contributed by atoms with Crippen molar-refractivity contribution in [1.29, 1.82) is 0 Å². The van der Waals surface area contributed by atoms with E-state index in [-0.39, 0.29) is 12.5 Å². The summed E-state index contributed by atoms with van der Waals surface area (Å²) in [6.07, 6.45) is 0. The number of hydrogen-bond acceptors (Lipinski definition) is 3. The van der Waals surface area contributed by atoms with Crippen LogP contribution in [0.4, 0.5) is 5.69 Å². The molecule has 110 valence electrons. The fourth-order valence-electron chi connectivity index (χ4n) is 2.00. The summed E-state index contributed by atoms with van der Waals surface area (Å²) < 4.78 is 0. The van der Waals surface area contributed by atoms with E-state index in [1.807, 2.05) is 4.90 Å². The summed E-state index contributed by atoms with van der Waals surface area (Å²) >= 11 is 17.8. The molecule has 1 aliphatic rings. The third kappa shape index (κ3) is 3.92. The molecule has 1 saturated heterocycles. The van der Waals surface area contributed by atoms with Crippen molar-refractivity contribution < 1.29 is 4.79 Å². The standard InChI is InChI=1S/C13H16Cl3N3O/c1-18-2-4-19(5-3-18)13(20)8-17-12-7-10(15)9(14)6-11(12)16/h6-7,17H,2-5,8H2,1H3. The molecule has 1 amide bonds. The summed E-state index contributed by atoms with van der Waals surface area (Å²) in [6.45, 7) is 3.51. The number of anilines is 1.